The van der Waals surface area contributed by atoms with Crippen LogP contribution in [0.2, 0.25) is 0 Å². The predicted octanol–water partition coefficient (Wildman–Crippen LogP) is 3.06. The molecule has 0 saturated carbocycles. The first-order chi connectivity index (χ1) is 5.84. The molecule has 1 aliphatic heterocycles. The fourth-order valence-corrected chi connectivity index (χ4v) is 1.87. The molecule has 2 unspecified atom stereocenters. The van der Waals surface area contributed by atoms with Crippen molar-refractivity contribution in [1.82, 2.24) is 5.32 Å². The van der Waals surface area contributed by atoms with Gasteiger partial charge in [-0.25, -0.2) is 0 Å². The van der Waals surface area contributed by atoms with Crippen molar-refractivity contribution in [1.29, 1.82) is 0 Å². The minimum Gasteiger partial charge on any atom is -0.316 e. The van der Waals surface area contributed by atoms with Gasteiger partial charge in [-0.3, -0.25) is 0 Å². The van der Waals surface area contributed by atoms with E-state index in [2.05, 4.69) is 19.2 Å². The van der Waals surface area contributed by atoms with Crippen LogP contribution in [-0.2, 0) is 0 Å². The monoisotopic (exact) mass is 171 g/mol. The summed E-state index contributed by atoms with van der Waals surface area (Å²) in [5.41, 5.74) is 0. The molecule has 0 aromatic heterocycles. The number of nitrogens with one attached hydrogen (secondary N) is 1. The highest BCUT2D eigenvalue weighted by Gasteiger charge is 2.19. The molecule has 74 valence electrons. The number of hydrogen-bond donors (Lipinski definition) is 1. The Morgan fingerprint density at radius 2 is 2.00 bits per heavy atom. The van der Waals surface area contributed by atoms with E-state index in [1.54, 1.807) is 0 Å². The zero-order valence-corrected chi connectivity index (χ0v) is 9.19. The third-order valence-corrected chi connectivity index (χ3v) is 2.62. The predicted molar refractivity (Wildman–Crippen MR) is 56.4 cm³/mol. The van der Waals surface area contributed by atoms with E-state index in [-0.39, 0.29) is 0 Å². The van der Waals surface area contributed by atoms with Gasteiger partial charge in [0.15, 0.2) is 0 Å². The van der Waals surface area contributed by atoms with Gasteiger partial charge in [0.1, 0.15) is 0 Å². The Kier molecular flexibility index (Phi) is 7.58. The van der Waals surface area contributed by atoms with Crippen molar-refractivity contribution in [2.75, 3.05) is 13.1 Å². The van der Waals surface area contributed by atoms with Crippen LogP contribution in [0.1, 0.15) is 47.0 Å². The van der Waals surface area contributed by atoms with Gasteiger partial charge >= 0.3 is 0 Å². The van der Waals surface area contributed by atoms with Gasteiger partial charge in [0, 0.05) is 0 Å². The molecule has 1 N–H and O–H groups in total. The van der Waals surface area contributed by atoms with Crippen LogP contribution >= 0.6 is 0 Å². The van der Waals surface area contributed by atoms with Gasteiger partial charge < -0.3 is 5.32 Å². The smallest absolute Gasteiger partial charge is 0.00205 e. The van der Waals surface area contributed by atoms with Gasteiger partial charge in [-0.05, 0) is 31.3 Å². The summed E-state index contributed by atoms with van der Waals surface area (Å²) in [5, 5.41) is 3.42. The molecule has 0 radical (unpaired) electrons. The largest absolute Gasteiger partial charge is 0.316 e. The van der Waals surface area contributed by atoms with Crippen molar-refractivity contribution in [2.45, 2.75) is 47.0 Å². The van der Waals surface area contributed by atoms with Crippen molar-refractivity contribution < 1.29 is 0 Å². The highest BCUT2D eigenvalue weighted by atomic mass is 14.9. The molecule has 0 spiro atoms. The van der Waals surface area contributed by atoms with Crippen molar-refractivity contribution in [3.63, 3.8) is 0 Å². The summed E-state index contributed by atoms with van der Waals surface area (Å²) in [5.74, 6) is 1.92. The van der Waals surface area contributed by atoms with Gasteiger partial charge in [0.2, 0.25) is 0 Å². The van der Waals surface area contributed by atoms with Crippen LogP contribution in [0.4, 0.5) is 0 Å². The summed E-state index contributed by atoms with van der Waals surface area (Å²) in [6.07, 6.45) is 4.19. The standard InChI is InChI=1S/C9H19N.C2H6/c1-3-4-9-5-6-10-7-8(9)2;1-2/h8-10H,3-7H2,1-2H3;1-2H3. The molecule has 2 atom stereocenters. The molecule has 1 aliphatic rings. The van der Waals surface area contributed by atoms with Crippen LogP contribution < -0.4 is 5.32 Å². The van der Waals surface area contributed by atoms with Crippen LogP contribution in [0.3, 0.4) is 0 Å². The second kappa shape index (κ2) is 7.60. The highest BCUT2D eigenvalue weighted by Crippen LogP contribution is 2.22. The Morgan fingerprint density at radius 3 is 2.50 bits per heavy atom. The van der Waals surface area contributed by atoms with Crippen LogP contribution in [-0.4, -0.2) is 13.1 Å². The number of rotatable bonds is 2. The lowest BCUT2D eigenvalue weighted by atomic mass is 9.85. The summed E-state index contributed by atoms with van der Waals surface area (Å²) in [7, 11) is 0. The zero-order valence-electron chi connectivity index (χ0n) is 9.19. The maximum absolute atomic E-state index is 3.42. The lowest BCUT2D eigenvalue weighted by Gasteiger charge is -2.29. The third-order valence-electron chi connectivity index (χ3n) is 2.62. The van der Waals surface area contributed by atoms with E-state index in [1.165, 1.54) is 32.4 Å². The third kappa shape index (κ3) is 4.10. The van der Waals surface area contributed by atoms with E-state index in [0.29, 0.717) is 0 Å². The summed E-state index contributed by atoms with van der Waals surface area (Å²) in [4.78, 5) is 0. The van der Waals surface area contributed by atoms with Gasteiger partial charge in [-0.15, -0.1) is 0 Å². The van der Waals surface area contributed by atoms with Crippen LogP contribution in [0, 0.1) is 11.8 Å². The van der Waals surface area contributed by atoms with Crippen molar-refractivity contribution >= 4 is 0 Å². The molecule has 0 amide bonds. The lowest BCUT2D eigenvalue weighted by molar-refractivity contribution is 0.257. The Labute approximate surface area is 77.9 Å². The second-order valence-electron chi connectivity index (χ2n) is 3.52. The maximum atomic E-state index is 3.42. The van der Waals surface area contributed by atoms with E-state index in [0.717, 1.165) is 11.8 Å². The summed E-state index contributed by atoms with van der Waals surface area (Å²) < 4.78 is 0. The molecule has 1 nitrogen and oxygen atoms in total. The highest BCUT2D eigenvalue weighted by molar-refractivity contribution is 4.74. The average molecular weight is 171 g/mol. The van der Waals surface area contributed by atoms with E-state index in [4.69, 9.17) is 0 Å². The van der Waals surface area contributed by atoms with Gasteiger partial charge in [-0.2, -0.15) is 0 Å². The minimum atomic E-state index is 0.911. The minimum absolute atomic E-state index is 0.911. The van der Waals surface area contributed by atoms with Gasteiger partial charge in [0.25, 0.3) is 0 Å². The first-order valence-corrected chi connectivity index (χ1v) is 5.55. The summed E-state index contributed by atoms with van der Waals surface area (Å²) in [6.45, 7) is 11.1. The molecular weight excluding hydrogens is 146 g/mol. The molecule has 0 aromatic rings. The van der Waals surface area contributed by atoms with Crippen molar-refractivity contribution in [3.8, 4) is 0 Å². The average Bonchev–Trinajstić information content (AvgIpc) is 2.13. The van der Waals surface area contributed by atoms with Crippen molar-refractivity contribution in [2.24, 2.45) is 11.8 Å². The molecular formula is C11H25N. The fourth-order valence-electron chi connectivity index (χ4n) is 1.87. The topological polar surface area (TPSA) is 12.0 Å². The van der Waals surface area contributed by atoms with Crippen LogP contribution in [0.15, 0.2) is 0 Å². The Balaban J connectivity index is 0.000000561. The Bertz CT molecular complexity index is 89.0. The molecule has 12 heavy (non-hydrogen) atoms. The first kappa shape index (κ1) is 12.0. The molecule has 0 aromatic carbocycles. The van der Waals surface area contributed by atoms with Crippen LogP contribution in [0.5, 0.6) is 0 Å². The van der Waals surface area contributed by atoms with E-state index in [1.807, 2.05) is 13.8 Å². The SMILES string of the molecule is CC.CCCC1CCNCC1C. The van der Waals surface area contributed by atoms with E-state index in [9.17, 15) is 0 Å². The van der Waals surface area contributed by atoms with Gasteiger partial charge in [-0.1, -0.05) is 40.5 Å². The Morgan fingerprint density at radius 1 is 1.33 bits per heavy atom. The van der Waals surface area contributed by atoms with Crippen molar-refractivity contribution in [3.05, 3.63) is 0 Å². The molecule has 1 heterocycles. The fraction of sp³-hybridized carbons (Fsp3) is 1.00. The molecule has 1 saturated heterocycles. The molecule has 1 heteroatoms. The van der Waals surface area contributed by atoms with E-state index < -0.39 is 0 Å². The van der Waals surface area contributed by atoms with E-state index >= 15 is 0 Å². The molecule has 1 rings (SSSR count). The summed E-state index contributed by atoms with van der Waals surface area (Å²) in [6, 6.07) is 0. The molecule has 0 bridgehead atoms. The second-order valence-corrected chi connectivity index (χ2v) is 3.52. The van der Waals surface area contributed by atoms with Gasteiger partial charge in [0.05, 0.1) is 0 Å². The molecule has 0 aliphatic carbocycles. The number of piperidine rings is 1. The maximum Gasteiger partial charge on any atom is -0.00205 e. The Hall–Kier alpha value is -0.0400. The molecule has 1 fully saturated rings. The first-order valence-electron chi connectivity index (χ1n) is 5.55. The summed E-state index contributed by atoms with van der Waals surface area (Å²) >= 11 is 0. The number of hydrogen-bond acceptors (Lipinski definition) is 1. The zero-order chi connectivity index (χ0) is 9.40. The lowest BCUT2D eigenvalue weighted by Crippen LogP contribution is -2.34. The quantitative estimate of drug-likeness (QED) is 0.673. The normalized spacial score (nSPS) is 29.0. The van der Waals surface area contributed by atoms with Crippen LogP contribution in [0.25, 0.3) is 0 Å².